The molecule has 0 amide bonds. The predicted molar refractivity (Wildman–Crippen MR) is 161 cm³/mol. The zero-order valence-electron chi connectivity index (χ0n) is 21.6. The van der Waals surface area contributed by atoms with Crippen LogP contribution in [0.1, 0.15) is 5.56 Å². The topological polar surface area (TPSA) is 41.9 Å². The molecular weight excluding hydrogens is 480 g/mol. The second-order valence-corrected chi connectivity index (χ2v) is 16.1. The lowest BCUT2D eigenvalue weighted by Gasteiger charge is -2.16. The van der Waals surface area contributed by atoms with E-state index in [2.05, 4.69) is 115 Å². The summed E-state index contributed by atoms with van der Waals surface area (Å²) in [4.78, 5) is 0. The lowest BCUT2D eigenvalue weighted by atomic mass is 10.00. The molecular formula is C34H26N2OSi. The Hall–Kier alpha value is -4.59. The van der Waals surface area contributed by atoms with Crippen molar-refractivity contribution in [3.63, 3.8) is 0 Å². The smallest absolute Gasteiger partial charge is 0.143 e. The van der Waals surface area contributed by atoms with Crippen LogP contribution in [0, 0.1) is 11.3 Å². The van der Waals surface area contributed by atoms with E-state index >= 15 is 0 Å². The molecule has 0 N–H and O–H groups in total. The normalized spacial score (nSPS) is 12.1. The van der Waals surface area contributed by atoms with Crippen LogP contribution in [0.5, 0.6) is 0 Å². The Morgan fingerprint density at radius 2 is 1.45 bits per heavy atom. The zero-order chi connectivity index (χ0) is 26.0. The Bertz CT molecular complexity index is 2070. The standard InChI is InChI=1S/C34H26N2OSi/c1-38(2,3)25-14-16-32-29(20-25)28-19-23(13-15-31(28)36(32)24-8-5-4-6-9-24)26-10-7-11-27-30-18-22(21-35)12-17-33(30)37-34(26)27/h4-20H,1-3H3. The van der Waals surface area contributed by atoms with Crippen molar-refractivity contribution in [2.24, 2.45) is 0 Å². The van der Waals surface area contributed by atoms with Gasteiger partial charge in [0.1, 0.15) is 11.2 Å². The van der Waals surface area contributed by atoms with E-state index in [-0.39, 0.29) is 0 Å². The molecule has 0 fully saturated rings. The van der Waals surface area contributed by atoms with Crippen LogP contribution in [0.15, 0.2) is 108 Å². The number of rotatable bonds is 3. The molecule has 0 aliphatic carbocycles. The number of benzene rings is 5. The molecule has 0 spiro atoms. The van der Waals surface area contributed by atoms with Crippen LogP contribution in [0.25, 0.3) is 60.6 Å². The summed E-state index contributed by atoms with van der Waals surface area (Å²) < 4.78 is 8.73. The summed E-state index contributed by atoms with van der Waals surface area (Å²) in [6.07, 6.45) is 0. The first-order valence-electron chi connectivity index (χ1n) is 12.9. The molecule has 4 heteroatoms. The van der Waals surface area contributed by atoms with Crippen molar-refractivity contribution in [2.75, 3.05) is 0 Å². The van der Waals surface area contributed by atoms with Crippen LogP contribution in [0.2, 0.25) is 19.6 Å². The van der Waals surface area contributed by atoms with Gasteiger partial charge >= 0.3 is 0 Å². The summed E-state index contributed by atoms with van der Waals surface area (Å²) in [6.45, 7) is 7.20. The van der Waals surface area contributed by atoms with E-state index in [1.807, 2.05) is 18.2 Å². The van der Waals surface area contributed by atoms with E-state index in [0.717, 1.165) is 38.8 Å². The molecule has 0 atom stereocenters. The van der Waals surface area contributed by atoms with Crippen LogP contribution < -0.4 is 5.19 Å². The first kappa shape index (κ1) is 22.6. The van der Waals surface area contributed by atoms with Crippen molar-refractivity contribution in [3.05, 3.63) is 109 Å². The monoisotopic (exact) mass is 506 g/mol. The fourth-order valence-corrected chi connectivity index (χ4v) is 6.77. The van der Waals surface area contributed by atoms with Crippen LogP contribution in [-0.2, 0) is 0 Å². The van der Waals surface area contributed by atoms with Gasteiger partial charge in [-0.25, -0.2) is 0 Å². The molecule has 182 valence electrons. The molecule has 3 nitrogen and oxygen atoms in total. The van der Waals surface area contributed by atoms with Gasteiger partial charge in [-0.1, -0.05) is 79.4 Å². The highest BCUT2D eigenvalue weighted by Crippen LogP contribution is 2.39. The molecule has 0 saturated carbocycles. The van der Waals surface area contributed by atoms with Gasteiger partial charge in [0, 0.05) is 32.8 Å². The number of nitrogens with zero attached hydrogens (tertiary/aromatic N) is 2. The highest BCUT2D eigenvalue weighted by atomic mass is 28.3. The molecule has 0 saturated heterocycles. The Morgan fingerprint density at radius 3 is 2.21 bits per heavy atom. The first-order chi connectivity index (χ1) is 18.4. The molecule has 0 aliphatic heterocycles. The van der Waals surface area contributed by atoms with E-state index in [4.69, 9.17) is 4.42 Å². The van der Waals surface area contributed by atoms with Gasteiger partial charge in [-0.05, 0) is 54.1 Å². The summed E-state index contributed by atoms with van der Waals surface area (Å²) >= 11 is 0. The number of nitriles is 1. The van der Waals surface area contributed by atoms with Gasteiger partial charge in [0.25, 0.3) is 0 Å². The molecule has 7 aromatic rings. The molecule has 0 radical (unpaired) electrons. The first-order valence-corrected chi connectivity index (χ1v) is 16.4. The van der Waals surface area contributed by atoms with Crippen molar-refractivity contribution >= 4 is 57.0 Å². The molecule has 2 aromatic heterocycles. The molecule has 0 bridgehead atoms. The van der Waals surface area contributed by atoms with Crippen LogP contribution in [0.3, 0.4) is 0 Å². The number of hydrogen-bond donors (Lipinski definition) is 0. The quantitative estimate of drug-likeness (QED) is 0.225. The minimum absolute atomic E-state index is 0.638. The van der Waals surface area contributed by atoms with Gasteiger partial charge in [-0.15, -0.1) is 0 Å². The van der Waals surface area contributed by atoms with E-state index < -0.39 is 8.07 Å². The third kappa shape index (κ3) is 3.40. The lowest BCUT2D eigenvalue weighted by molar-refractivity contribution is 0.670. The Balaban J connectivity index is 1.53. The van der Waals surface area contributed by atoms with Crippen molar-refractivity contribution in [3.8, 4) is 22.9 Å². The number of furan rings is 1. The summed E-state index contributed by atoms with van der Waals surface area (Å²) in [5.41, 5.74) is 8.04. The van der Waals surface area contributed by atoms with E-state index in [1.54, 1.807) is 0 Å². The van der Waals surface area contributed by atoms with Crippen LogP contribution in [0.4, 0.5) is 0 Å². The van der Waals surface area contributed by atoms with Gasteiger partial charge in [0.2, 0.25) is 0 Å². The third-order valence-electron chi connectivity index (χ3n) is 7.58. The fraction of sp³-hybridized carbons (Fsp3) is 0.0882. The average molecular weight is 507 g/mol. The van der Waals surface area contributed by atoms with E-state index in [1.165, 1.54) is 27.0 Å². The average Bonchev–Trinajstić information content (AvgIpc) is 3.47. The van der Waals surface area contributed by atoms with Crippen molar-refractivity contribution in [1.29, 1.82) is 5.26 Å². The van der Waals surface area contributed by atoms with Crippen molar-refractivity contribution in [1.82, 2.24) is 4.57 Å². The summed E-state index contributed by atoms with van der Waals surface area (Å²) in [6, 6.07) is 38.5. The number of para-hydroxylation sites is 2. The summed E-state index contributed by atoms with van der Waals surface area (Å²) in [5, 5.41) is 15.4. The molecule has 0 aliphatic rings. The molecule has 38 heavy (non-hydrogen) atoms. The highest BCUT2D eigenvalue weighted by molar-refractivity contribution is 6.88. The third-order valence-corrected chi connectivity index (χ3v) is 9.63. The molecule has 2 heterocycles. The minimum Gasteiger partial charge on any atom is -0.455 e. The Kier molecular flexibility index (Phi) is 4.88. The van der Waals surface area contributed by atoms with Gasteiger partial charge < -0.3 is 8.98 Å². The second-order valence-electron chi connectivity index (χ2n) is 11.0. The number of fused-ring (bicyclic) bond motifs is 6. The largest absolute Gasteiger partial charge is 0.455 e. The maximum Gasteiger partial charge on any atom is 0.143 e. The minimum atomic E-state index is -1.50. The predicted octanol–water partition coefficient (Wildman–Crippen LogP) is 8.77. The van der Waals surface area contributed by atoms with E-state index in [0.29, 0.717) is 5.56 Å². The lowest BCUT2D eigenvalue weighted by Crippen LogP contribution is -2.37. The Labute approximate surface area is 222 Å². The number of aromatic nitrogens is 1. The molecule has 0 unspecified atom stereocenters. The zero-order valence-corrected chi connectivity index (χ0v) is 22.6. The van der Waals surface area contributed by atoms with Gasteiger partial charge in [0.05, 0.1) is 30.7 Å². The van der Waals surface area contributed by atoms with Crippen molar-refractivity contribution in [2.45, 2.75) is 19.6 Å². The van der Waals surface area contributed by atoms with Gasteiger partial charge in [0.15, 0.2) is 0 Å². The van der Waals surface area contributed by atoms with Gasteiger partial charge in [-0.2, -0.15) is 5.26 Å². The van der Waals surface area contributed by atoms with Gasteiger partial charge in [-0.3, -0.25) is 0 Å². The number of hydrogen-bond acceptors (Lipinski definition) is 2. The summed E-state index contributed by atoms with van der Waals surface area (Å²) in [7, 11) is -1.50. The molecule has 7 rings (SSSR count). The maximum atomic E-state index is 9.40. The highest BCUT2D eigenvalue weighted by Gasteiger charge is 2.20. The molecule has 5 aromatic carbocycles. The second kappa shape index (κ2) is 8.21. The summed E-state index contributed by atoms with van der Waals surface area (Å²) in [5.74, 6) is 0. The SMILES string of the molecule is C[Si](C)(C)c1ccc2c(c1)c1cc(-c3cccc4c3oc3ccc(C#N)cc34)ccc1n2-c1ccccc1. The van der Waals surface area contributed by atoms with Crippen molar-refractivity contribution < 1.29 is 4.42 Å². The van der Waals surface area contributed by atoms with Crippen LogP contribution >= 0.6 is 0 Å². The van der Waals surface area contributed by atoms with Crippen LogP contribution in [-0.4, -0.2) is 12.6 Å². The maximum absolute atomic E-state index is 9.40. The fourth-order valence-electron chi connectivity index (χ4n) is 5.61. The Morgan fingerprint density at radius 1 is 0.684 bits per heavy atom. The van der Waals surface area contributed by atoms with E-state index in [9.17, 15) is 5.26 Å².